The standard InChI is InChI=1S/C18H20BrNO4/c1-20(18(22)13-5-4-6-14(19)9-13)11-15(21)12-7-8-16(23-2)17(10-12)24-3/h4-10,15,21H,11H2,1-3H3. The largest absolute Gasteiger partial charge is 0.493 e. The second-order valence-electron chi connectivity index (χ2n) is 5.33. The van der Waals surface area contributed by atoms with Crippen LogP contribution in [0.4, 0.5) is 0 Å². The Morgan fingerprint density at radius 2 is 1.88 bits per heavy atom. The first-order valence-electron chi connectivity index (χ1n) is 7.37. The van der Waals surface area contributed by atoms with Crippen LogP contribution in [0.15, 0.2) is 46.9 Å². The van der Waals surface area contributed by atoms with E-state index in [4.69, 9.17) is 9.47 Å². The predicted octanol–water partition coefficient (Wildman–Crippen LogP) is 3.27. The molecule has 0 fully saturated rings. The third-order valence-electron chi connectivity index (χ3n) is 3.66. The molecule has 0 aromatic heterocycles. The molecule has 2 aromatic rings. The van der Waals surface area contributed by atoms with E-state index in [0.717, 1.165) is 4.47 Å². The first-order chi connectivity index (χ1) is 11.5. The molecule has 1 amide bonds. The van der Waals surface area contributed by atoms with Crippen LogP contribution in [-0.4, -0.2) is 43.7 Å². The van der Waals surface area contributed by atoms with Crippen molar-refractivity contribution in [2.24, 2.45) is 0 Å². The molecule has 128 valence electrons. The first-order valence-corrected chi connectivity index (χ1v) is 8.16. The van der Waals surface area contributed by atoms with E-state index in [9.17, 15) is 9.90 Å². The van der Waals surface area contributed by atoms with Crippen molar-refractivity contribution < 1.29 is 19.4 Å². The minimum atomic E-state index is -0.828. The molecule has 6 heteroatoms. The Morgan fingerprint density at radius 3 is 2.50 bits per heavy atom. The summed E-state index contributed by atoms with van der Waals surface area (Å²) in [5.41, 5.74) is 1.22. The number of nitrogens with zero attached hydrogens (tertiary/aromatic N) is 1. The zero-order chi connectivity index (χ0) is 17.7. The van der Waals surface area contributed by atoms with Gasteiger partial charge in [0.25, 0.3) is 5.91 Å². The molecule has 1 atom stereocenters. The number of hydrogen-bond donors (Lipinski definition) is 1. The summed E-state index contributed by atoms with van der Waals surface area (Å²) in [6, 6.07) is 12.3. The molecule has 0 bridgehead atoms. The summed E-state index contributed by atoms with van der Waals surface area (Å²) in [7, 11) is 4.75. The van der Waals surface area contributed by atoms with Crippen molar-refractivity contribution in [1.82, 2.24) is 4.90 Å². The summed E-state index contributed by atoms with van der Waals surface area (Å²) in [4.78, 5) is 13.9. The van der Waals surface area contributed by atoms with Gasteiger partial charge in [0, 0.05) is 17.1 Å². The number of hydrogen-bond acceptors (Lipinski definition) is 4. The fourth-order valence-corrected chi connectivity index (χ4v) is 2.75. The molecular weight excluding hydrogens is 374 g/mol. The van der Waals surface area contributed by atoms with Crippen LogP contribution in [0.25, 0.3) is 0 Å². The second-order valence-corrected chi connectivity index (χ2v) is 6.24. The lowest BCUT2D eigenvalue weighted by atomic mass is 10.1. The van der Waals surface area contributed by atoms with Gasteiger partial charge < -0.3 is 19.5 Å². The van der Waals surface area contributed by atoms with E-state index in [1.165, 1.54) is 12.0 Å². The van der Waals surface area contributed by atoms with Gasteiger partial charge in [0.1, 0.15) is 0 Å². The number of halogens is 1. The third-order valence-corrected chi connectivity index (χ3v) is 4.15. The zero-order valence-corrected chi connectivity index (χ0v) is 15.4. The molecule has 0 aliphatic heterocycles. The molecule has 2 aromatic carbocycles. The average Bonchev–Trinajstić information content (AvgIpc) is 2.60. The number of benzene rings is 2. The smallest absolute Gasteiger partial charge is 0.253 e. The molecule has 24 heavy (non-hydrogen) atoms. The van der Waals surface area contributed by atoms with Crippen molar-refractivity contribution in [2.45, 2.75) is 6.10 Å². The van der Waals surface area contributed by atoms with Gasteiger partial charge in [-0.25, -0.2) is 0 Å². The van der Waals surface area contributed by atoms with Crippen LogP contribution in [0.2, 0.25) is 0 Å². The molecule has 5 nitrogen and oxygen atoms in total. The number of ether oxygens (including phenoxy) is 2. The van der Waals surface area contributed by atoms with Gasteiger partial charge >= 0.3 is 0 Å². The van der Waals surface area contributed by atoms with Gasteiger partial charge in [0.05, 0.1) is 26.9 Å². The SMILES string of the molecule is COc1ccc(C(O)CN(C)C(=O)c2cccc(Br)c2)cc1OC. The molecule has 0 spiro atoms. The summed E-state index contributed by atoms with van der Waals surface area (Å²) in [5.74, 6) is 0.970. The number of likely N-dealkylation sites (N-methyl/N-ethyl adjacent to an activating group) is 1. The highest BCUT2D eigenvalue weighted by Gasteiger charge is 2.18. The number of rotatable bonds is 6. The van der Waals surface area contributed by atoms with Crippen LogP contribution in [0, 0.1) is 0 Å². The number of amides is 1. The van der Waals surface area contributed by atoms with E-state index in [1.54, 1.807) is 50.6 Å². The van der Waals surface area contributed by atoms with E-state index in [-0.39, 0.29) is 12.5 Å². The monoisotopic (exact) mass is 393 g/mol. The maximum atomic E-state index is 12.4. The second kappa shape index (κ2) is 8.17. The van der Waals surface area contributed by atoms with Gasteiger partial charge in [-0.05, 0) is 35.9 Å². The quantitative estimate of drug-likeness (QED) is 0.817. The number of aliphatic hydroxyl groups is 1. The summed E-state index contributed by atoms with van der Waals surface area (Å²) < 4.78 is 11.3. The minimum Gasteiger partial charge on any atom is -0.493 e. The molecular formula is C18H20BrNO4. The molecule has 0 saturated carbocycles. The van der Waals surface area contributed by atoms with Crippen LogP contribution in [0.5, 0.6) is 11.5 Å². The van der Waals surface area contributed by atoms with Crippen molar-refractivity contribution >= 4 is 21.8 Å². The third kappa shape index (κ3) is 4.27. The van der Waals surface area contributed by atoms with Gasteiger partial charge in [-0.15, -0.1) is 0 Å². The number of methoxy groups -OCH3 is 2. The van der Waals surface area contributed by atoms with Gasteiger partial charge in [-0.2, -0.15) is 0 Å². The molecule has 0 aliphatic carbocycles. The molecule has 0 aliphatic rings. The number of aliphatic hydroxyl groups excluding tert-OH is 1. The molecule has 2 rings (SSSR count). The van der Waals surface area contributed by atoms with Gasteiger partial charge in [-0.1, -0.05) is 28.1 Å². The maximum Gasteiger partial charge on any atom is 0.253 e. The Bertz CT molecular complexity index is 720. The predicted molar refractivity (Wildman–Crippen MR) is 95.6 cm³/mol. The summed E-state index contributed by atoms with van der Waals surface area (Å²) in [5, 5.41) is 10.4. The fraction of sp³-hybridized carbons (Fsp3) is 0.278. The fourth-order valence-electron chi connectivity index (χ4n) is 2.35. The van der Waals surface area contributed by atoms with Gasteiger partial charge in [0.15, 0.2) is 11.5 Å². The Balaban J connectivity index is 2.11. The first kappa shape index (κ1) is 18.3. The zero-order valence-electron chi connectivity index (χ0n) is 13.8. The van der Waals surface area contributed by atoms with Crippen molar-refractivity contribution in [3.63, 3.8) is 0 Å². The lowest BCUT2D eigenvalue weighted by Gasteiger charge is -2.22. The van der Waals surface area contributed by atoms with Crippen LogP contribution >= 0.6 is 15.9 Å². The van der Waals surface area contributed by atoms with Gasteiger partial charge in [0.2, 0.25) is 0 Å². The van der Waals surface area contributed by atoms with Crippen molar-refractivity contribution in [1.29, 1.82) is 0 Å². The highest BCUT2D eigenvalue weighted by molar-refractivity contribution is 9.10. The van der Waals surface area contributed by atoms with Crippen molar-refractivity contribution in [3.8, 4) is 11.5 Å². The van der Waals surface area contributed by atoms with E-state index >= 15 is 0 Å². The molecule has 1 N–H and O–H groups in total. The lowest BCUT2D eigenvalue weighted by molar-refractivity contribution is 0.0680. The highest BCUT2D eigenvalue weighted by Crippen LogP contribution is 2.30. The summed E-state index contributed by atoms with van der Waals surface area (Å²) in [6.45, 7) is 0.167. The Labute approximate surface area is 149 Å². The highest BCUT2D eigenvalue weighted by atomic mass is 79.9. The number of carbonyl (C=O) groups excluding carboxylic acids is 1. The molecule has 0 saturated heterocycles. The van der Waals surface area contributed by atoms with E-state index in [0.29, 0.717) is 22.6 Å². The molecule has 0 radical (unpaired) electrons. The topological polar surface area (TPSA) is 59.0 Å². The van der Waals surface area contributed by atoms with E-state index < -0.39 is 6.10 Å². The summed E-state index contributed by atoms with van der Waals surface area (Å²) >= 11 is 3.35. The molecule has 1 unspecified atom stereocenters. The van der Waals surface area contributed by atoms with Crippen molar-refractivity contribution in [3.05, 3.63) is 58.1 Å². The van der Waals surface area contributed by atoms with Crippen LogP contribution < -0.4 is 9.47 Å². The van der Waals surface area contributed by atoms with Crippen LogP contribution in [0.3, 0.4) is 0 Å². The Kier molecular flexibility index (Phi) is 6.23. The Hall–Kier alpha value is -2.05. The summed E-state index contributed by atoms with van der Waals surface area (Å²) in [6.07, 6.45) is -0.828. The lowest BCUT2D eigenvalue weighted by Crippen LogP contribution is -2.31. The van der Waals surface area contributed by atoms with E-state index in [1.807, 2.05) is 6.07 Å². The molecule has 0 heterocycles. The van der Waals surface area contributed by atoms with Crippen molar-refractivity contribution in [2.75, 3.05) is 27.8 Å². The minimum absolute atomic E-state index is 0.157. The van der Waals surface area contributed by atoms with E-state index in [2.05, 4.69) is 15.9 Å². The normalized spacial score (nSPS) is 11.7. The average molecular weight is 394 g/mol. The van der Waals surface area contributed by atoms with Crippen LogP contribution in [-0.2, 0) is 0 Å². The number of carbonyl (C=O) groups is 1. The maximum absolute atomic E-state index is 12.4. The van der Waals surface area contributed by atoms with Crippen LogP contribution in [0.1, 0.15) is 22.0 Å². The van der Waals surface area contributed by atoms with Gasteiger partial charge in [-0.3, -0.25) is 4.79 Å². The Morgan fingerprint density at radius 1 is 1.17 bits per heavy atom.